The second-order valence-electron chi connectivity index (χ2n) is 4.16. The van der Waals surface area contributed by atoms with Gasteiger partial charge < -0.3 is 10.6 Å². The first-order chi connectivity index (χ1) is 7.77. The predicted octanol–water partition coefficient (Wildman–Crippen LogP) is 3.33. The van der Waals surface area contributed by atoms with Gasteiger partial charge in [-0.2, -0.15) is 0 Å². The molecular formula is C13H14N2S. The number of anilines is 3. The molecule has 1 aliphatic heterocycles. The number of para-hydroxylation sites is 1. The average molecular weight is 230 g/mol. The van der Waals surface area contributed by atoms with Gasteiger partial charge in [-0.3, -0.25) is 0 Å². The molecule has 2 nitrogen and oxygen atoms in total. The molecule has 0 aliphatic carbocycles. The summed E-state index contributed by atoms with van der Waals surface area (Å²) in [7, 11) is 0. The summed E-state index contributed by atoms with van der Waals surface area (Å²) < 4.78 is 0. The number of benzene rings is 1. The number of fused-ring (bicyclic) bond motifs is 1. The van der Waals surface area contributed by atoms with Gasteiger partial charge in [0.25, 0.3) is 0 Å². The van der Waals surface area contributed by atoms with Gasteiger partial charge in [0.05, 0.1) is 5.69 Å². The Bertz CT molecular complexity index is 511. The van der Waals surface area contributed by atoms with Gasteiger partial charge in [-0.1, -0.05) is 18.2 Å². The summed E-state index contributed by atoms with van der Waals surface area (Å²) in [4.78, 5) is 2.34. The molecule has 0 unspecified atom stereocenters. The van der Waals surface area contributed by atoms with Gasteiger partial charge in [0.15, 0.2) is 0 Å². The number of aryl methyl sites for hydroxylation is 1. The maximum atomic E-state index is 6.06. The van der Waals surface area contributed by atoms with Gasteiger partial charge in [0.2, 0.25) is 0 Å². The summed E-state index contributed by atoms with van der Waals surface area (Å²) in [5.41, 5.74) is 11.3. The van der Waals surface area contributed by atoms with Crippen LogP contribution in [0.25, 0.3) is 0 Å². The lowest BCUT2D eigenvalue weighted by atomic mass is 10.2. The van der Waals surface area contributed by atoms with Crippen molar-refractivity contribution in [2.75, 3.05) is 17.2 Å². The Morgan fingerprint density at radius 2 is 2.12 bits per heavy atom. The largest absolute Gasteiger partial charge is 0.389 e. The molecule has 0 saturated carbocycles. The molecule has 0 fully saturated rings. The zero-order chi connectivity index (χ0) is 11.1. The molecule has 2 N–H and O–H groups in total. The second-order valence-corrected chi connectivity index (χ2v) is 5.07. The monoisotopic (exact) mass is 230 g/mol. The fraction of sp³-hybridized carbons (Fsp3) is 0.231. The van der Waals surface area contributed by atoms with Gasteiger partial charge >= 0.3 is 0 Å². The van der Waals surface area contributed by atoms with E-state index in [9.17, 15) is 0 Å². The van der Waals surface area contributed by atoms with E-state index in [0.29, 0.717) is 0 Å². The van der Waals surface area contributed by atoms with Crippen molar-refractivity contribution in [1.82, 2.24) is 0 Å². The Balaban J connectivity index is 2.11. The van der Waals surface area contributed by atoms with Crippen LogP contribution in [0.2, 0.25) is 0 Å². The summed E-state index contributed by atoms with van der Waals surface area (Å²) in [6.07, 6.45) is 1.12. The topological polar surface area (TPSA) is 29.3 Å². The lowest BCUT2D eigenvalue weighted by Crippen LogP contribution is -2.14. The van der Waals surface area contributed by atoms with Gasteiger partial charge in [0, 0.05) is 12.2 Å². The van der Waals surface area contributed by atoms with E-state index in [1.54, 1.807) is 11.3 Å². The van der Waals surface area contributed by atoms with E-state index >= 15 is 0 Å². The van der Waals surface area contributed by atoms with E-state index in [-0.39, 0.29) is 0 Å². The molecule has 2 aromatic rings. The highest BCUT2D eigenvalue weighted by Gasteiger charge is 2.23. The van der Waals surface area contributed by atoms with Crippen LogP contribution < -0.4 is 10.6 Å². The maximum absolute atomic E-state index is 6.06. The van der Waals surface area contributed by atoms with Gasteiger partial charge in [0.1, 0.15) is 5.00 Å². The molecule has 0 spiro atoms. The van der Waals surface area contributed by atoms with E-state index in [1.165, 1.54) is 22.5 Å². The Kier molecular flexibility index (Phi) is 2.14. The molecule has 0 radical (unpaired) electrons. The van der Waals surface area contributed by atoms with Crippen LogP contribution >= 0.6 is 11.3 Å². The van der Waals surface area contributed by atoms with E-state index in [1.807, 2.05) is 0 Å². The van der Waals surface area contributed by atoms with Crippen LogP contribution in [0.1, 0.15) is 11.1 Å². The van der Waals surface area contributed by atoms with Crippen molar-refractivity contribution in [2.24, 2.45) is 0 Å². The number of hydrogen-bond donors (Lipinski definition) is 1. The smallest absolute Gasteiger partial charge is 0.110 e. The molecule has 1 aromatic heterocycles. The highest BCUT2D eigenvalue weighted by molar-refractivity contribution is 7.14. The first kappa shape index (κ1) is 9.73. The number of hydrogen-bond acceptors (Lipinski definition) is 3. The van der Waals surface area contributed by atoms with Crippen LogP contribution in [-0.2, 0) is 6.42 Å². The third-order valence-corrected chi connectivity index (χ3v) is 4.05. The molecule has 0 bridgehead atoms. The van der Waals surface area contributed by atoms with Crippen molar-refractivity contribution >= 4 is 27.7 Å². The van der Waals surface area contributed by atoms with Crippen LogP contribution in [0, 0.1) is 6.92 Å². The Labute approximate surface area is 99.3 Å². The summed E-state index contributed by atoms with van der Waals surface area (Å²) in [5.74, 6) is 0. The summed E-state index contributed by atoms with van der Waals surface area (Å²) >= 11 is 1.63. The standard InChI is InChI=1S/C13H14N2S/c1-9-8-16-13(14)12(9)15-7-6-10-4-2-3-5-11(10)15/h2-5,8H,6-7,14H2,1H3. The summed E-state index contributed by atoms with van der Waals surface area (Å²) in [5, 5.41) is 3.06. The molecular weight excluding hydrogens is 216 g/mol. The summed E-state index contributed by atoms with van der Waals surface area (Å²) in [6, 6.07) is 8.58. The molecule has 1 aromatic carbocycles. The maximum Gasteiger partial charge on any atom is 0.110 e. The first-order valence-electron chi connectivity index (χ1n) is 5.46. The molecule has 82 valence electrons. The van der Waals surface area contributed by atoms with E-state index in [2.05, 4.69) is 41.5 Å². The van der Waals surface area contributed by atoms with Crippen molar-refractivity contribution in [2.45, 2.75) is 13.3 Å². The van der Waals surface area contributed by atoms with Crippen LogP contribution in [0.3, 0.4) is 0 Å². The minimum atomic E-state index is 0.925. The van der Waals surface area contributed by atoms with Crippen molar-refractivity contribution < 1.29 is 0 Å². The van der Waals surface area contributed by atoms with E-state index < -0.39 is 0 Å². The SMILES string of the molecule is Cc1csc(N)c1N1CCc2ccccc21. The van der Waals surface area contributed by atoms with Crippen molar-refractivity contribution in [3.8, 4) is 0 Å². The van der Waals surface area contributed by atoms with Gasteiger partial charge in [-0.05, 0) is 35.9 Å². The number of nitrogen functional groups attached to an aromatic ring is 1. The third kappa shape index (κ3) is 1.32. The minimum Gasteiger partial charge on any atom is -0.389 e. The zero-order valence-corrected chi connectivity index (χ0v) is 10.1. The van der Waals surface area contributed by atoms with Crippen LogP contribution in [0.4, 0.5) is 16.4 Å². The van der Waals surface area contributed by atoms with Crippen molar-refractivity contribution in [1.29, 1.82) is 0 Å². The fourth-order valence-electron chi connectivity index (χ4n) is 2.37. The van der Waals surface area contributed by atoms with Crippen molar-refractivity contribution in [3.63, 3.8) is 0 Å². The summed E-state index contributed by atoms with van der Waals surface area (Å²) in [6.45, 7) is 3.17. The third-order valence-electron chi connectivity index (χ3n) is 3.13. The quantitative estimate of drug-likeness (QED) is 0.814. The van der Waals surface area contributed by atoms with Gasteiger partial charge in [-0.15, -0.1) is 11.3 Å². The number of thiophene rings is 1. The minimum absolute atomic E-state index is 0.925. The predicted molar refractivity (Wildman–Crippen MR) is 70.6 cm³/mol. The first-order valence-corrected chi connectivity index (χ1v) is 6.34. The lowest BCUT2D eigenvalue weighted by molar-refractivity contribution is 0.997. The molecule has 3 rings (SSSR count). The molecule has 0 amide bonds. The van der Waals surface area contributed by atoms with Crippen LogP contribution in [-0.4, -0.2) is 6.54 Å². The van der Waals surface area contributed by atoms with E-state index in [4.69, 9.17) is 5.73 Å². The molecule has 2 heterocycles. The van der Waals surface area contributed by atoms with E-state index in [0.717, 1.165) is 18.0 Å². The number of nitrogens with two attached hydrogens (primary N) is 1. The normalized spacial score (nSPS) is 14.2. The van der Waals surface area contributed by atoms with Crippen LogP contribution in [0.5, 0.6) is 0 Å². The fourth-order valence-corrected chi connectivity index (χ4v) is 3.17. The number of nitrogens with zero attached hydrogens (tertiary/aromatic N) is 1. The Hall–Kier alpha value is -1.48. The zero-order valence-electron chi connectivity index (χ0n) is 9.23. The molecule has 16 heavy (non-hydrogen) atoms. The lowest BCUT2D eigenvalue weighted by Gasteiger charge is -2.20. The molecule has 3 heteroatoms. The molecule has 0 saturated heterocycles. The van der Waals surface area contributed by atoms with Crippen molar-refractivity contribution in [3.05, 3.63) is 40.8 Å². The Morgan fingerprint density at radius 3 is 2.88 bits per heavy atom. The average Bonchev–Trinajstić information content (AvgIpc) is 2.83. The Morgan fingerprint density at radius 1 is 1.31 bits per heavy atom. The number of rotatable bonds is 1. The van der Waals surface area contributed by atoms with Gasteiger partial charge in [-0.25, -0.2) is 0 Å². The second kappa shape index (κ2) is 3.52. The molecule has 1 aliphatic rings. The van der Waals surface area contributed by atoms with Crippen LogP contribution in [0.15, 0.2) is 29.6 Å². The highest BCUT2D eigenvalue weighted by atomic mass is 32.1. The highest BCUT2D eigenvalue weighted by Crippen LogP contribution is 2.41. The molecule has 0 atom stereocenters.